The fourth-order valence-electron chi connectivity index (χ4n) is 1.73. The highest BCUT2D eigenvalue weighted by atomic mass is 79.9. The molecular formula is C14H11Br2NO3S. The standard InChI is InChI=1S/C14H11Br2NO3S/c1-9-8-11(16)4-7-13(9)14(18)17-21(19,20)12-5-2-10(15)3-6-12/h2-8H,1H3,(H,17,18). The minimum absolute atomic E-state index is 0.0359. The number of rotatable bonds is 3. The lowest BCUT2D eigenvalue weighted by Crippen LogP contribution is -2.31. The molecule has 0 aliphatic heterocycles. The Morgan fingerprint density at radius 3 is 2.14 bits per heavy atom. The van der Waals surface area contributed by atoms with Crippen LogP contribution in [-0.2, 0) is 10.0 Å². The number of halogens is 2. The zero-order valence-electron chi connectivity index (χ0n) is 10.9. The zero-order chi connectivity index (χ0) is 15.6. The minimum Gasteiger partial charge on any atom is -0.268 e. The van der Waals surface area contributed by atoms with Gasteiger partial charge in [-0.2, -0.15) is 0 Å². The van der Waals surface area contributed by atoms with E-state index >= 15 is 0 Å². The van der Waals surface area contributed by atoms with Gasteiger partial charge in [-0.25, -0.2) is 13.1 Å². The molecule has 0 fully saturated rings. The molecule has 0 aliphatic carbocycles. The Morgan fingerprint density at radius 2 is 1.57 bits per heavy atom. The Labute approximate surface area is 139 Å². The molecule has 2 aromatic rings. The van der Waals surface area contributed by atoms with Gasteiger partial charge in [-0.05, 0) is 55.0 Å². The zero-order valence-corrected chi connectivity index (χ0v) is 14.9. The fraction of sp³-hybridized carbons (Fsp3) is 0.0714. The van der Waals surface area contributed by atoms with E-state index in [9.17, 15) is 13.2 Å². The molecule has 7 heteroatoms. The summed E-state index contributed by atoms with van der Waals surface area (Å²) in [6, 6.07) is 11.1. The van der Waals surface area contributed by atoms with Crippen LogP contribution in [0, 0.1) is 6.92 Å². The van der Waals surface area contributed by atoms with Crippen LogP contribution in [-0.4, -0.2) is 14.3 Å². The van der Waals surface area contributed by atoms with Crippen LogP contribution < -0.4 is 4.72 Å². The van der Waals surface area contributed by atoms with Crippen molar-refractivity contribution in [3.63, 3.8) is 0 Å². The van der Waals surface area contributed by atoms with Crippen molar-refractivity contribution in [1.29, 1.82) is 0 Å². The molecule has 0 saturated heterocycles. The van der Waals surface area contributed by atoms with E-state index in [0.717, 1.165) is 8.95 Å². The van der Waals surface area contributed by atoms with Crippen LogP contribution in [0.25, 0.3) is 0 Å². The molecule has 110 valence electrons. The molecule has 2 rings (SSSR count). The van der Waals surface area contributed by atoms with Crippen molar-refractivity contribution in [2.75, 3.05) is 0 Å². The van der Waals surface area contributed by atoms with Crippen molar-refractivity contribution < 1.29 is 13.2 Å². The molecule has 0 atom stereocenters. The number of nitrogens with one attached hydrogen (secondary N) is 1. The molecule has 0 heterocycles. The summed E-state index contributed by atoms with van der Waals surface area (Å²) in [4.78, 5) is 12.2. The van der Waals surface area contributed by atoms with Gasteiger partial charge in [0.2, 0.25) is 0 Å². The average molecular weight is 433 g/mol. The number of amides is 1. The van der Waals surface area contributed by atoms with Gasteiger partial charge >= 0.3 is 0 Å². The van der Waals surface area contributed by atoms with E-state index in [0.29, 0.717) is 11.1 Å². The van der Waals surface area contributed by atoms with Crippen molar-refractivity contribution in [1.82, 2.24) is 4.72 Å². The molecule has 0 spiro atoms. The van der Waals surface area contributed by atoms with E-state index in [4.69, 9.17) is 0 Å². The first kappa shape index (κ1) is 16.2. The van der Waals surface area contributed by atoms with Crippen molar-refractivity contribution in [3.05, 3.63) is 62.5 Å². The first-order chi connectivity index (χ1) is 9.79. The molecule has 2 aromatic carbocycles. The number of benzene rings is 2. The number of hydrogen-bond donors (Lipinski definition) is 1. The highest BCUT2D eigenvalue weighted by Crippen LogP contribution is 2.18. The maximum absolute atomic E-state index is 12.1. The van der Waals surface area contributed by atoms with Crippen molar-refractivity contribution >= 4 is 47.8 Å². The Hall–Kier alpha value is -1.18. The summed E-state index contributed by atoms with van der Waals surface area (Å²) in [5.41, 5.74) is 1.01. The van der Waals surface area contributed by atoms with E-state index in [1.165, 1.54) is 12.1 Å². The lowest BCUT2D eigenvalue weighted by Gasteiger charge is -2.09. The van der Waals surface area contributed by atoms with Gasteiger partial charge in [0.15, 0.2) is 0 Å². The first-order valence-corrected chi connectivity index (χ1v) is 8.95. The Balaban J connectivity index is 2.28. The number of aryl methyl sites for hydroxylation is 1. The summed E-state index contributed by atoms with van der Waals surface area (Å²) in [5.74, 6) is -0.650. The van der Waals surface area contributed by atoms with E-state index in [1.807, 2.05) is 0 Å². The lowest BCUT2D eigenvalue weighted by molar-refractivity contribution is 0.0981. The van der Waals surface area contributed by atoms with Gasteiger partial charge in [-0.3, -0.25) is 4.79 Å². The molecule has 0 aromatic heterocycles. The first-order valence-electron chi connectivity index (χ1n) is 5.88. The van der Waals surface area contributed by atoms with Crippen LogP contribution >= 0.6 is 31.9 Å². The van der Waals surface area contributed by atoms with Crippen LogP contribution in [0.1, 0.15) is 15.9 Å². The van der Waals surface area contributed by atoms with Crippen molar-refractivity contribution in [2.24, 2.45) is 0 Å². The van der Waals surface area contributed by atoms with E-state index in [-0.39, 0.29) is 4.90 Å². The summed E-state index contributed by atoms with van der Waals surface area (Å²) < 4.78 is 28.0. The summed E-state index contributed by atoms with van der Waals surface area (Å²) in [5, 5.41) is 0. The molecule has 0 aliphatic rings. The Morgan fingerprint density at radius 1 is 1.00 bits per heavy atom. The second kappa shape index (κ2) is 6.29. The smallest absolute Gasteiger partial charge is 0.265 e. The summed E-state index contributed by atoms with van der Waals surface area (Å²) in [6.45, 7) is 1.74. The van der Waals surface area contributed by atoms with Gasteiger partial charge in [-0.1, -0.05) is 31.9 Å². The summed E-state index contributed by atoms with van der Waals surface area (Å²) in [6.07, 6.45) is 0. The minimum atomic E-state index is -3.88. The number of sulfonamides is 1. The van der Waals surface area contributed by atoms with E-state index < -0.39 is 15.9 Å². The fourth-order valence-corrected chi connectivity index (χ4v) is 3.44. The molecule has 1 amide bonds. The highest BCUT2D eigenvalue weighted by molar-refractivity contribution is 9.10. The van der Waals surface area contributed by atoms with Crippen LogP contribution in [0.4, 0.5) is 0 Å². The van der Waals surface area contributed by atoms with Gasteiger partial charge < -0.3 is 0 Å². The van der Waals surface area contributed by atoms with Gasteiger partial charge in [0.25, 0.3) is 15.9 Å². The maximum atomic E-state index is 12.1. The van der Waals surface area contributed by atoms with Gasteiger partial charge in [-0.15, -0.1) is 0 Å². The average Bonchev–Trinajstić information content (AvgIpc) is 2.38. The third-order valence-electron chi connectivity index (χ3n) is 2.78. The Kier molecular flexibility index (Phi) is 4.85. The monoisotopic (exact) mass is 431 g/mol. The second-order valence-electron chi connectivity index (χ2n) is 4.35. The van der Waals surface area contributed by atoms with Crippen molar-refractivity contribution in [2.45, 2.75) is 11.8 Å². The largest absolute Gasteiger partial charge is 0.268 e. The molecule has 1 N–H and O–H groups in total. The SMILES string of the molecule is Cc1cc(Br)ccc1C(=O)NS(=O)(=O)c1ccc(Br)cc1. The normalized spacial score (nSPS) is 11.2. The predicted molar refractivity (Wildman–Crippen MR) is 87.7 cm³/mol. The van der Waals surface area contributed by atoms with Crippen LogP contribution in [0.3, 0.4) is 0 Å². The topological polar surface area (TPSA) is 63.2 Å². The Bertz CT molecular complexity index is 786. The van der Waals surface area contributed by atoms with Crippen LogP contribution in [0.5, 0.6) is 0 Å². The van der Waals surface area contributed by atoms with Gasteiger partial charge in [0.05, 0.1) is 4.90 Å². The molecule has 0 saturated carbocycles. The second-order valence-corrected chi connectivity index (χ2v) is 7.86. The lowest BCUT2D eigenvalue weighted by atomic mass is 10.1. The maximum Gasteiger partial charge on any atom is 0.265 e. The third kappa shape index (κ3) is 3.93. The van der Waals surface area contributed by atoms with Crippen molar-refractivity contribution in [3.8, 4) is 0 Å². The quantitative estimate of drug-likeness (QED) is 0.805. The highest BCUT2D eigenvalue weighted by Gasteiger charge is 2.19. The van der Waals surface area contributed by atoms with Gasteiger partial charge in [0, 0.05) is 14.5 Å². The van der Waals surface area contributed by atoms with Gasteiger partial charge in [0.1, 0.15) is 0 Å². The van der Waals surface area contributed by atoms with Crippen LogP contribution in [0.15, 0.2) is 56.3 Å². The van der Waals surface area contributed by atoms with Crippen LogP contribution in [0.2, 0.25) is 0 Å². The molecule has 4 nitrogen and oxygen atoms in total. The van der Waals surface area contributed by atoms with E-state index in [1.54, 1.807) is 37.3 Å². The molecule has 21 heavy (non-hydrogen) atoms. The number of hydrogen-bond acceptors (Lipinski definition) is 3. The summed E-state index contributed by atoms with van der Waals surface area (Å²) in [7, 11) is -3.88. The third-order valence-corrected chi connectivity index (χ3v) is 5.15. The predicted octanol–water partition coefficient (Wildman–Crippen LogP) is 3.64. The molecule has 0 unspecified atom stereocenters. The molecule has 0 radical (unpaired) electrons. The number of carbonyl (C=O) groups is 1. The summed E-state index contributed by atoms with van der Waals surface area (Å²) >= 11 is 6.53. The molecular weight excluding hydrogens is 422 g/mol. The number of carbonyl (C=O) groups excluding carboxylic acids is 1. The van der Waals surface area contributed by atoms with E-state index in [2.05, 4.69) is 36.6 Å². The molecule has 0 bridgehead atoms.